The van der Waals surface area contributed by atoms with Crippen LogP contribution in [0.5, 0.6) is 0 Å². The minimum Gasteiger partial charge on any atom is -0.369 e. The van der Waals surface area contributed by atoms with Crippen LogP contribution in [0.1, 0.15) is 23.0 Å². The molecule has 0 fully saturated rings. The smallest absolute Gasteiger partial charge is 0.243 e. The van der Waals surface area contributed by atoms with Crippen molar-refractivity contribution in [1.82, 2.24) is 20.6 Å². The zero-order valence-corrected chi connectivity index (χ0v) is 13.0. The Balaban J connectivity index is 1.34. The van der Waals surface area contributed by atoms with E-state index >= 15 is 0 Å². The molecule has 1 atom stereocenters. The lowest BCUT2D eigenvalue weighted by atomic mass is 10.1. The fourth-order valence-corrected chi connectivity index (χ4v) is 3.49. The molecule has 2 aliphatic heterocycles. The Kier molecular flexibility index (Phi) is 3.75. The van der Waals surface area contributed by atoms with E-state index in [0.29, 0.717) is 6.54 Å². The van der Waals surface area contributed by atoms with Gasteiger partial charge in [-0.2, -0.15) is 0 Å². The fraction of sp³-hybridized carbons (Fsp3) is 0.412. The minimum atomic E-state index is -0.337. The molecule has 6 heteroatoms. The summed E-state index contributed by atoms with van der Waals surface area (Å²) in [5, 5.41) is 6.29. The van der Waals surface area contributed by atoms with Crippen molar-refractivity contribution in [3.8, 4) is 0 Å². The lowest BCUT2D eigenvalue weighted by Crippen LogP contribution is -2.43. The van der Waals surface area contributed by atoms with Crippen molar-refractivity contribution in [1.29, 1.82) is 0 Å². The van der Waals surface area contributed by atoms with E-state index in [0.717, 1.165) is 43.9 Å². The lowest BCUT2D eigenvalue weighted by Gasteiger charge is -2.23. The van der Waals surface area contributed by atoms with Crippen molar-refractivity contribution in [3.63, 3.8) is 0 Å². The molecule has 1 aromatic carbocycles. The molecule has 1 aromatic heterocycles. The SMILES string of the molecule is O=C(NCCN1CCc2ccccc21)[C@H]1NCCc2[nH]cnc21. The first-order valence-electron chi connectivity index (χ1n) is 8.19. The number of aromatic amines is 1. The molecule has 23 heavy (non-hydrogen) atoms. The average molecular weight is 311 g/mol. The van der Waals surface area contributed by atoms with Crippen LogP contribution in [0.3, 0.4) is 0 Å². The second-order valence-corrected chi connectivity index (χ2v) is 6.06. The van der Waals surface area contributed by atoms with Gasteiger partial charge in [-0.3, -0.25) is 4.79 Å². The number of fused-ring (bicyclic) bond motifs is 2. The van der Waals surface area contributed by atoms with Gasteiger partial charge in [-0.1, -0.05) is 18.2 Å². The number of anilines is 1. The maximum atomic E-state index is 12.4. The summed E-state index contributed by atoms with van der Waals surface area (Å²) in [6, 6.07) is 8.15. The van der Waals surface area contributed by atoms with Crippen molar-refractivity contribution < 1.29 is 4.79 Å². The third-order valence-electron chi connectivity index (χ3n) is 4.68. The highest BCUT2D eigenvalue weighted by atomic mass is 16.2. The zero-order chi connectivity index (χ0) is 15.6. The molecule has 0 saturated carbocycles. The normalized spacial score (nSPS) is 19.3. The van der Waals surface area contributed by atoms with E-state index in [1.54, 1.807) is 6.33 Å². The molecule has 120 valence electrons. The summed E-state index contributed by atoms with van der Waals surface area (Å²) in [4.78, 5) is 22.2. The molecule has 3 N–H and O–H groups in total. The number of para-hydroxylation sites is 1. The molecule has 0 aliphatic carbocycles. The third-order valence-corrected chi connectivity index (χ3v) is 4.68. The molecule has 6 nitrogen and oxygen atoms in total. The van der Waals surface area contributed by atoms with Gasteiger partial charge in [0.2, 0.25) is 5.91 Å². The highest BCUT2D eigenvalue weighted by molar-refractivity contribution is 5.83. The van der Waals surface area contributed by atoms with E-state index in [9.17, 15) is 4.79 Å². The van der Waals surface area contributed by atoms with Crippen LogP contribution in [-0.4, -0.2) is 42.1 Å². The van der Waals surface area contributed by atoms with E-state index in [1.807, 2.05) is 0 Å². The lowest BCUT2D eigenvalue weighted by molar-refractivity contribution is -0.123. The Labute approximate surface area is 135 Å². The molecule has 1 amide bonds. The number of benzene rings is 1. The largest absolute Gasteiger partial charge is 0.369 e. The van der Waals surface area contributed by atoms with Gasteiger partial charge in [0.15, 0.2) is 0 Å². The summed E-state index contributed by atoms with van der Waals surface area (Å²) < 4.78 is 0. The predicted octanol–water partition coefficient (Wildman–Crippen LogP) is 0.775. The van der Waals surface area contributed by atoms with Gasteiger partial charge in [0, 0.05) is 44.0 Å². The maximum absolute atomic E-state index is 12.4. The molecule has 2 aromatic rings. The summed E-state index contributed by atoms with van der Waals surface area (Å²) in [6.45, 7) is 3.31. The summed E-state index contributed by atoms with van der Waals surface area (Å²) in [7, 11) is 0. The zero-order valence-electron chi connectivity index (χ0n) is 13.0. The minimum absolute atomic E-state index is 0.00512. The van der Waals surface area contributed by atoms with Gasteiger partial charge in [0.25, 0.3) is 0 Å². The van der Waals surface area contributed by atoms with Gasteiger partial charge in [0.1, 0.15) is 6.04 Å². The van der Waals surface area contributed by atoms with Crippen molar-refractivity contribution in [2.24, 2.45) is 0 Å². The van der Waals surface area contributed by atoms with E-state index in [4.69, 9.17) is 0 Å². The number of hydrogen-bond acceptors (Lipinski definition) is 4. The summed E-state index contributed by atoms with van der Waals surface area (Å²) >= 11 is 0. The summed E-state index contributed by atoms with van der Waals surface area (Å²) in [6.07, 6.45) is 3.65. The average Bonchev–Trinajstić information content (AvgIpc) is 3.21. The van der Waals surface area contributed by atoms with E-state index in [2.05, 4.69) is 49.8 Å². The number of nitrogens with zero attached hydrogens (tertiary/aromatic N) is 2. The van der Waals surface area contributed by atoms with Crippen LogP contribution in [0.2, 0.25) is 0 Å². The fourth-order valence-electron chi connectivity index (χ4n) is 3.49. The molecular formula is C17H21N5O. The van der Waals surface area contributed by atoms with Gasteiger partial charge in [0.05, 0.1) is 12.0 Å². The number of hydrogen-bond donors (Lipinski definition) is 3. The van der Waals surface area contributed by atoms with Gasteiger partial charge in [-0.15, -0.1) is 0 Å². The number of amides is 1. The highest BCUT2D eigenvalue weighted by Gasteiger charge is 2.28. The van der Waals surface area contributed by atoms with Crippen LogP contribution in [0.4, 0.5) is 5.69 Å². The Morgan fingerprint density at radius 1 is 1.35 bits per heavy atom. The number of carbonyl (C=O) groups excluding carboxylic acids is 1. The molecule has 0 unspecified atom stereocenters. The van der Waals surface area contributed by atoms with Crippen LogP contribution in [-0.2, 0) is 17.6 Å². The van der Waals surface area contributed by atoms with Crippen molar-refractivity contribution in [2.75, 3.05) is 31.1 Å². The van der Waals surface area contributed by atoms with Gasteiger partial charge >= 0.3 is 0 Å². The van der Waals surface area contributed by atoms with Gasteiger partial charge in [-0.25, -0.2) is 4.98 Å². The molecule has 2 aliphatic rings. The van der Waals surface area contributed by atoms with Crippen molar-refractivity contribution in [2.45, 2.75) is 18.9 Å². The monoisotopic (exact) mass is 311 g/mol. The Morgan fingerprint density at radius 3 is 3.22 bits per heavy atom. The number of rotatable bonds is 4. The molecule has 0 saturated heterocycles. The second-order valence-electron chi connectivity index (χ2n) is 6.06. The standard InChI is InChI=1S/C17H21N5O/c23-17(16-15-13(5-7-18-16)20-11-21-15)19-8-10-22-9-6-12-3-1-2-4-14(12)22/h1-4,11,16,18H,5-10H2,(H,19,23)(H,20,21)/t16-/m0/s1. The first-order chi connectivity index (χ1) is 11.3. The van der Waals surface area contributed by atoms with Crippen LogP contribution < -0.4 is 15.5 Å². The Bertz CT molecular complexity index is 711. The number of imidazole rings is 1. The van der Waals surface area contributed by atoms with Crippen LogP contribution in [0, 0.1) is 0 Å². The van der Waals surface area contributed by atoms with E-state index in [-0.39, 0.29) is 11.9 Å². The van der Waals surface area contributed by atoms with Gasteiger partial charge < -0.3 is 20.5 Å². The maximum Gasteiger partial charge on any atom is 0.243 e. The number of carbonyl (C=O) groups is 1. The molecule has 4 rings (SSSR count). The molecule has 0 bridgehead atoms. The first-order valence-corrected chi connectivity index (χ1v) is 8.19. The molecule has 0 radical (unpaired) electrons. The summed E-state index contributed by atoms with van der Waals surface area (Å²) in [5.41, 5.74) is 4.60. The summed E-state index contributed by atoms with van der Waals surface area (Å²) in [5.74, 6) is 0.00512. The van der Waals surface area contributed by atoms with E-state index < -0.39 is 0 Å². The van der Waals surface area contributed by atoms with Gasteiger partial charge in [-0.05, 0) is 18.1 Å². The Hall–Kier alpha value is -2.34. The predicted molar refractivity (Wildman–Crippen MR) is 88.4 cm³/mol. The second kappa shape index (κ2) is 6.04. The molecular weight excluding hydrogens is 290 g/mol. The third kappa shape index (κ3) is 2.70. The van der Waals surface area contributed by atoms with E-state index in [1.165, 1.54) is 11.3 Å². The van der Waals surface area contributed by atoms with Crippen LogP contribution in [0.25, 0.3) is 0 Å². The highest BCUT2D eigenvalue weighted by Crippen LogP contribution is 2.26. The van der Waals surface area contributed by atoms with Crippen LogP contribution >= 0.6 is 0 Å². The van der Waals surface area contributed by atoms with Crippen molar-refractivity contribution >= 4 is 11.6 Å². The molecule has 3 heterocycles. The Morgan fingerprint density at radius 2 is 2.26 bits per heavy atom. The molecule has 0 spiro atoms. The van der Waals surface area contributed by atoms with Crippen LogP contribution in [0.15, 0.2) is 30.6 Å². The number of nitrogens with one attached hydrogen (secondary N) is 3. The number of aromatic nitrogens is 2. The number of H-pyrrole nitrogens is 1. The quantitative estimate of drug-likeness (QED) is 0.780. The first kappa shape index (κ1) is 14.3. The van der Waals surface area contributed by atoms with Crippen molar-refractivity contribution in [3.05, 3.63) is 47.5 Å². The topological polar surface area (TPSA) is 73.1 Å².